The molecule has 0 unspecified atom stereocenters. The summed E-state index contributed by atoms with van der Waals surface area (Å²) in [6.07, 6.45) is -0.221. The molecule has 0 saturated carbocycles. The third-order valence-electron chi connectivity index (χ3n) is 6.27. The second kappa shape index (κ2) is 13.8. The van der Waals surface area contributed by atoms with Crippen LogP contribution >= 0.6 is 151 Å². The van der Waals surface area contributed by atoms with Gasteiger partial charge in [0.25, 0.3) is 8.32 Å². The van der Waals surface area contributed by atoms with Crippen molar-refractivity contribution in [1.29, 1.82) is 0 Å². The van der Waals surface area contributed by atoms with E-state index >= 15 is 0 Å². The van der Waals surface area contributed by atoms with Crippen molar-refractivity contribution in [3.63, 3.8) is 0 Å². The zero-order valence-corrected chi connectivity index (χ0v) is 31.2. The maximum absolute atomic E-state index is 6.82. The van der Waals surface area contributed by atoms with Gasteiger partial charge in [0, 0.05) is 13.0 Å². The van der Waals surface area contributed by atoms with Crippen molar-refractivity contribution in [3.05, 3.63) is 91.0 Å². The van der Waals surface area contributed by atoms with E-state index in [4.69, 9.17) is 155 Å². The lowest BCUT2D eigenvalue weighted by Gasteiger charge is -2.50. The van der Waals surface area contributed by atoms with Crippen LogP contribution in [0.25, 0.3) is 0 Å². The summed E-state index contributed by atoms with van der Waals surface area (Å²) < 4.78 is -8.54. The molecule has 0 spiro atoms. The van der Waals surface area contributed by atoms with Crippen molar-refractivity contribution >= 4 is 175 Å². The molecule has 0 atom stereocenters. The molecule has 1 nitrogen and oxygen atoms in total. The Balaban J connectivity index is 2.03. The third-order valence-corrected chi connectivity index (χ3v) is 18.9. The monoisotopic (exact) mass is 830 g/mol. The first-order chi connectivity index (χ1) is 18.8. The molecule has 0 saturated heterocycles. The number of rotatable bonds is 11. The van der Waals surface area contributed by atoms with Gasteiger partial charge >= 0.3 is 0 Å². The van der Waals surface area contributed by atoms with Crippen LogP contribution in [0.1, 0.15) is 6.42 Å². The van der Waals surface area contributed by atoms with E-state index in [0.717, 1.165) is 15.6 Å². The van der Waals surface area contributed by atoms with Gasteiger partial charge in [0.05, 0.1) is 0 Å². The van der Waals surface area contributed by atoms with Gasteiger partial charge in [-0.2, -0.15) is 0 Å². The smallest absolute Gasteiger partial charge is 0.288 e. The van der Waals surface area contributed by atoms with Gasteiger partial charge in [-0.3, -0.25) is 0 Å². The standard InChI is InChI=1S/C26H19Cl13OSi/c27-21(28,22(29,30)23(31,32)24(33,34)25(35,36)26(37,38)39)16-17-40-41(18-10-4-1-5-11-18,19-12-6-2-7-13-19)20-14-8-3-9-15-20/h1-15H,16-17H2. The minimum atomic E-state index is -3.14. The van der Waals surface area contributed by atoms with Gasteiger partial charge in [0.1, 0.15) is 0 Å². The summed E-state index contributed by atoms with van der Waals surface area (Å²) >= 11 is 82.8. The second-order valence-corrected chi connectivity index (χ2v) is 21.3. The van der Waals surface area contributed by atoms with Gasteiger partial charge in [-0.15, -0.1) is 0 Å². The van der Waals surface area contributed by atoms with Crippen LogP contribution in [0.3, 0.4) is 0 Å². The lowest BCUT2D eigenvalue weighted by molar-refractivity contribution is 0.299. The van der Waals surface area contributed by atoms with Gasteiger partial charge < -0.3 is 4.43 Å². The fraction of sp³-hybridized carbons (Fsp3) is 0.308. The zero-order valence-electron chi connectivity index (χ0n) is 20.4. The molecular formula is C26H19Cl13OSi. The zero-order chi connectivity index (χ0) is 31.0. The Bertz CT molecular complexity index is 1180. The van der Waals surface area contributed by atoms with Crippen LogP contribution in [-0.2, 0) is 4.43 Å². The van der Waals surface area contributed by atoms with E-state index in [9.17, 15) is 0 Å². The van der Waals surface area contributed by atoms with Gasteiger partial charge in [0.15, 0.2) is 17.3 Å². The molecule has 0 aliphatic carbocycles. The molecule has 0 heterocycles. The quantitative estimate of drug-likeness (QED) is 0.106. The highest BCUT2D eigenvalue weighted by Gasteiger charge is 2.76. The summed E-state index contributed by atoms with van der Waals surface area (Å²) in [4.78, 5) is 0. The Hall–Kier alpha value is 1.61. The van der Waals surface area contributed by atoms with Crippen molar-refractivity contribution in [1.82, 2.24) is 0 Å². The highest BCUT2D eigenvalue weighted by molar-refractivity contribution is 7.07. The predicted molar refractivity (Wildman–Crippen MR) is 187 cm³/mol. The molecule has 0 aliphatic heterocycles. The molecule has 3 aromatic carbocycles. The fourth-order valence-corrected chi connectivity index (χ4v) is 11.6. The molecule has 0 fully saturated rings. The van der Waals surface area contributed by atoms with E-state index in [-0.39, 0.29) is 13.0 Å². The fourth-order valence-electron chi connectivity index (χ4n) is 4.06. The summed E-state index contributed by atoms with van der Waals surface area (Å²) in [7, 11) is -3.14. The summed E-state index contributed by atoms with van der Waals surface area (Å²) in [5, 5.41) is 2.91. The second-order valence-electron chi connectivity index (χ2n) is 8.88. The number of benzene rings is 3. The number of alkyl halides is 13. The SMILES string of the molecule is ClC(Cl)(Cl)C(Cl)(Cl)C(Cl)(Cl)C(Cl)(Cl)C(Cl)(Cl)C(Cl)(Cl)CCO[Si](c1ccccc1)(c1ccccc1)c1ccccc1. The first kappa shape index (κ1) is 37.1. The van der Waals surface area contributed by atoms with Crippen LogP contribution in [-0.4, -0.2) is 40.4 Å². The Kier molecular flexibility index (Phi) is 12.4. The van der Waals surface area contributed by atoms with Crippen LogP contribution in [0.4, 0.5) is 0 Å². The van der Waals surface area contributed by atoms with E-state index in [1.54, 1.807) is 0 Å². The topological polar surface area (TPSA) is 9.23 Å². The van der Waals surface area contributed by atoms with Gasteiger partial charge in [0.2, 0.25) is 8.13 Å². The van der Waals surface area contributed by atoms with E-state index in [1.807, 2.05) is 91.0 Å². The molecule has 0 amide bonds. The summed E-state index contributed by atoms with van der Waals surface area (Å²) in [5.74, 6) is 0. The van der Waals surface area contributed by atoms with Gasteiger partial charge in [-0.05, 0) is 15.6 Å². The van der Waals surface area contributed by atoms with Crippen molar-refractivity contribution in [3.8, 4) is 0 Å². The average molecular weight is 836 g/mol. The Morgan fingerprint density at radius 2 is 0.756 bits per heavy atom. The van der Waals surface area contributed by atoms with Crippen LogP contribution in [0.5, 0.6) is 0 Å². The minimum Gasteiger partial charge on any atom is -0.404 e. The molecule has 0 aliphatic rings. The predicted octanol–water partition coefficient (Wildman–Crippen LogP) is 10.3. The molecular weight excluding hydrogens is 817 g/mol. The third kappa shape index (κ3) is 6.99. The first-order valence-electron chi connectivity index (χ1n) is 11.5. The van der Waals surface area contributed by atoms with Gasteiger partial charge in [-0.25, -0.2) is 0 Å². The van der Waals surface area contributed by atoms with Crippen molar-refractivity contribution in [2.24, 2.45) is 0 Å². The first-order valence-corrected chi connectivity index (χ1v) is 18.4. The van der Waals surface area contributed by atoms with Crippen molar-refractivity contribution in [2.45, 2.75) is 31.9 Å². The molecule has 41 heavy (non-hydrogen) atoms. The maximum atomic E-state index is 6.82. The number of halogens is 13. The molecule has 0 aromatic heterocycles. The highest BCUT2D eigenvalue weighted by Crippen LogP contribution is 2.69. The molecule has 0 radical (unpaired) electrons. The van der Waals surface area contributed by atoms with Crippen molar-refractivity contribution in [2.75, 3.05) is 6.61 Å². The van der Waals surface area contributed by atoms with Crippen LogP contribution in [0.15, 0.2) is 91.0 Å². The van der Waals surface area contributed by atoms with E-state index in [0.29, 0.717) is 0 Å². The molecule has 224 valence electrons. The Morgan fingerprint density at radius 1 is 0.439 bits per heavy atom. The lowest BCUT2D eigenvalue weighted by Crippen LogP contribution is -2.69. The van der Waals surface area contributed by atoms with E-state index < -0.39 is 33.8 Å². The minimum absolute atomic E-state index is 0.0716. The summed E-state index contributed by atoms with van der Waals surface area (Å²) in [6, 6.07) is 29.4. The summed E-state index contributed by atoms with van der Waals surface area (Å²) in [6.45, 7) is -0.0716. The molecule has 15 heteroatoms. The maximum Gasteiger partial charge on any atom is 0.288 e. The molecule has 0 bridgehead atoms. The van der Waals surface area contributed by atoms with Crippen LogP contribution in [0, 0.1) is 0 Å². The Labute approximate surface area is 305 Å². The van der Waals surface area contributed by atoms with Crippen LogP contribution in [0.2, 0.25) is 0 Å². The summed E-state index contributed by atoms with van der Waals surface area (Å²) in [5.41, 5.74) is 0. The Morgan fingerprint density at radius 3 is 1.07 bits per heavy atom. The largest absolute Gasteiger partial charge is 0.404 e. The van der Waals surface area contributed by atoms with Crippen molar-refractivity contribution < 1.29 is 4.43 Å². The number of hydrogen-bond acceptors (Lipinski definition) is 1. The van der Waals surface area contributed by atoms with Gasteiger partial charge in [-0.1, -0.05) is 242 Å². The number of hydrogen-bond donors (Lipinski definition) is 0. The lowest BCUT2D eigenvalue weighted by atomic mass is 10.1. The molecule has 0 N–H and O–H groups in total. The highest BCUT2D eigenvalue weighted by atomic mass is 35.6. The van der Waals surface area contributed by atoms with E-state index in [2.05, 4.69) is 0 Å². The van der Waals surface area contributed by atoms with Crippen LogP contribution < -0.4 is 15.6 Å². The van der Waals surface area contributed by atoms with E-state index in [1.165, 1.54) is 0 Å². The molecule has 3 rings (SSSR count). The normalized spacial score (nSPS) is 14.3. The molecule has 3 aromatic rings. The average Bonchev–Trinajstić information content (AvgIpc) is 2.91.